The number of thioether (sulfide) groups is 1. The van der Waals surface area contributed by atoms with Crippen molar-refractivity contribution in [3.63, 3.8) is 0 Å². The lowest BCUT2D eigenvalue weighted by atomic mass is 9.96. The molecule has 5 nitrogen and oxygen atoms in total. The summed E-state index contributed by atoms with van der Waals surface area (Å²) in [6.07, 6.45) is 3.72. The molecule has 1 aliphatic heterocycles. The highest BCUT2D eigenvalue weighted by atomic mass is 35.5. The van der Waals surface area contributed by atoms with Crippen molar-refractivity contribution in [1.29, 1.82) is 0 Å². The Kier molecular flexibility index (Phi) is 7.91. The molecule has 1 unspecified atom stereocenters. The largest absolute Gasteiger partial charge is 0.457 e. The van der Waals surface area contributed by atoms with Crippen molar-refractivity contribution in [3.05, 3.63) is 130 Å². The zero-order valence-corrected chi connectivity index (χ0v) is 23.6. The Morgan fingerprint density at radius 3 is 2.53 bits per heavy atom. The van der Waals surface area contributed by atoms with Gasteiger partial charge in [0, 0.05) is 14.9 Å². The number of nitrogens with zero attached hydrogens (tertiary/aromatic N) is 2. The quantitative estimate of drug-likeness (QED) is 0.207. The van der Waals surface area contributed by atoms with Crippen LogP contribution in [-0.4, -0.2) is 16.8 Å². The van der Waals surface area contributed by atoms with Crippen molar-refractivity contribution in [2.45, 2.75) is 24.5 Å². The van der Waals surface area contributed by atoms with Gasteiger partial charge in [0.1, 0.15) is 6.61 Å². The van der Waals surface area contributed by atoms with Crippen molar-refractivity contribution in [3.8, 4) is 0 Å². The van der Waals surface area contributed by atoms with Gasteiger partial charge in [-0.15, -0.1) is 11.8 Å². The summed E-state index contributed by atoms with van der Waals surface area (Å²) in [7, 11) is 0. The van der Waals surface area contributed by atoms with Gasteiger partial charge in [-0.2, -0.15) is 0 Å². The first-order valence-electron chi connectivity index (χ1n) is 11.7. The summed E-state index contributed by atoms with van der Waals surface area (Å²) in [5.74, 6) is -0.510. The molecule has 0 N–H and O–H groups in total. The Morgan fingerprint density at radius 1 is 1.11 bits per heavy atom. The van der Waals surface area contributed by atoms with Crippen molar-refractivity contribution in [2.24, 2.45) is 4.99 Å². The molecule has 0 saturated heterocycles. The summed E-state index contributed by atoms with van der Waals surface area (Å²) in [4.78, 5) is 33.5. The van der Waals surface area contributed by atoms with Gasteiger partial charge in [-0.05, 0) is 60.2 Å². The Morgan fingerprint density at radius 2 is 1.84 bits per heavy atom. The van der Waals surface area contributed by atoms with Crippen LogP contribution >= 0.6 is 46.3 Å². The van der Waals surface area contributed by atoms with Gasteiger partial charge >= 0.3 is 5.97 Å². The Bertz CT molecular complexity index is 1730. The monoisotopic (exact) mass is 580 g/mol. The summed E-state index contributed by atoms with van der Waals surface area (Å²) in [6.45, 7) is 1.89. The van der Waals surface area contributed by atoms with Crippen LogP contribution in [0.3, 0.4) is 0 Å². The van der Waals surface area contributed by atoms with E-state index in [4.69, 9.17) is 27.9 Å². The molecule has 38 heavy (non-hydrogen) atoms. The van der Waals surface area contributed by atoms with Gasteiger partial charge in [0.2, 0.25) is 0 Å². The number of allylic oxidation sites excluding steroid dienone is 1. The predicted molar refractivity (Wildman–Crippen MR) is 155 cm³/mol. The number of ether oxygens (including phenoxy) is 1. The fourth-order valence-corrected chi connectivity index (χ4v) is 6.15. The number of aromatic nitrogens is 1. The molecule has 0 saturated carbocycles. The number of hydrogen-bond donors (Lipinski definition) is 0. The van der Waals surface area contributed by atoms with Crippen LogP contribution in [0.25, 0.3) is 6.08 Å². The summed E-state index contributed by atoms with van der Waals surface area (Å²) >= 11 is 15.3. The van der Waals surface area contributed by atoms with Gasteiger partial charge in [-0.3, -0.25) is 9.36 Å². The maximum Gasteiger partial charge on any atom is 0.338 e. The number of thiazole rings is 1. The average Bonchev–Trinajstić information content (AvgIpc) is 3.23. The van der Waals surface area contributed by atoms with Crippen molar-refractivity contribution < 1.29 is 9.53 Å². The van der Waals surface area contributed by atoms with Gasteiger partial charge in [0.15, 0.2) is 4.80 Å². The zero-order chi connectivity index (χ0) is 26.8. The Labute approximate surface area is 237 Å². The third-order valence-electron chi connectivity index (χ3n) is 6.13. The first-order valence-corrected chi connectivity index (χ1v) is 14.5. The first-order chi connectivity index (χ1) is 18.4. The third kappa shape index (κ3) is 5.38. The maximum atomic E-state index is 13.8. The van der Waals surface area contributed by atoms with Crippen LogP contribution in [0, 0.1) is 0 Å². The van der Waals surface area contributed by atoms with Gasteiger partial charge in [0.05, 0.1) is 21.8 Å². The van der Waals surface area contributed by atoms with Crippen LogP contribution < -0.4 is 14.9 Å². The van der Waals surface area contributed by atoms with E-state index in [0.717, 1.165) is 16.0 Å². The molecule has 0 bridgehead atoms. The first kappa shape index (κ1) is 26.5. The maximum absolute atomic E-state index is 13.8. The zero-order valence-electron chi connectivity index (χ0n) is 20.5. The fraction of sp³-hybridized carbons (Fsp3) is 0.138. The smallest absolute Gasteiger partial charge is 0.338 e. The molecule has 0 radical (unpaired) electrons. The van der Waals surface area contributed by atoms with Crippen LogP contribution in [-0.2, 0) is 16.1 Å². The van der Waals surface area contributed by atoms with Crippen LogP contribution in [0.15, 0.2) is 98.7 Å². The van der Waals surface area contributed by atoms with Crippen LogP contribution in [0.2, 0.25) is 10.0 Å². The van der Waals surface area contributed by atoms with E-state index in [0.29, 0.717) is 36.2 Å². The van der Waals surface area contributed by atoms with Crippen LogP contribution in [0.5, 0.6) is 0 Å². The fourth-order valence-electron chi connectivity index (χ4n) is 4.24. The Balaban J connectivity index is 1.62. The predicted octanol–water partition coefficient (Wildman–Crippen LogP) is 6.01. The molecule has 192 valence electrons. The second-order valence-corrected chi connectivity index (χ2v) is 11.3. The average molecular weight is 582 g/mol. The molecule has 3 aromatic carbocycles. The van der Waals surface area contributed by atoms with E-state index in [2.05, 4.69) is 4.99 Å². The lowest BCUT2D eigenvalue weighted by Crippen LogP contribution is -2.39. The molecule has 2 heterocycles. The van der Waals surface area contributed by atoms with Crippen molar-refractivity contribution in [2.75, 3.05) is 6.26 Å². The molecular weight excluding hydrogens is 559 g/mol. The number of fused-ring (bicyclic) bond motifs is 1. The molecule has 0 spiro atoms. The summed E-state index contributed by atoms with van der Waals surface area (Å²) in [6, 6.07) is 21.7. The SMILES string of the molecule is CSc1ccc(C2C(C(=O)OCc3ccccc3)=C(C)N=c3sc(=Cc4ccc(Cl)cc4Cl)c(=O)n32)cc1. The number of carbonyl (C=O) groups excluding carboxylic acids is 1. The second-order valence-electron chi connectivity index (χ2n) is 8.58. The van der Waals surface area contributed by atoms with E-state index in [1.807, 2.05) is 60.9 Å². The third-order valence-corrected chi connectivity index (χ3v) is 8.42. The highest BCUT2D eigenvalue weighted by molar-refractivity contribution is 7.98. The number of carbonyl (C=O) groups is 1. The molecule has 5 rings (SSSR count). The molecule has 9 heteroatoms. The number of rotatable bonds is 6. The molecule has 1 atom stereocenters. The van der Waals surface area contributed by atoms with E-state index in [-0.39, 0.29) is 12.2 Å². The van der Waals surface area contributed by atoms with Gasteiger partial charge in [0.25, 0.3) is 5.56 Å². The molecule has 0 fully saturated rings. The summed E-state index contributed by atoms with van der Waals surface area (Å²) in [5.41, 5.74) is 2.92. The van der Waals surface area contributed by atoms with Gasteiger partial charge < -0.3 is 4.74 Å². The minimum Gasteiger partial charge on any atom is -0.457 e. The van der Waals surface area contributed by atoms with E-state index in [1.54, 1.807) is 47.5 Å². The molecule has 1 aromatic heterocycles. The summed E-state index contributed by atoms with van der Waals surface area (Å²) < 4.78 is 7.73. The van der Waals surface area contributed by atoms with Gasteiger partial charge in [-0.1, -0.05) is 83.1 Å². The summed E-state index contributed by atoms with van der Waals surface area (Å²) in [5, 5.41) is 0.950. The molecule has 0 amide bonds. The van der Waals surface area contributed by atoms with Crippen LogP contribution in [0.4, 0.5) is 0 Å². The lowest BCUT2D eigenvalue weighted by molar-refractivity contribution is -0.140. The van der Waals surface area contributed by atoms with E-state index >= 15 is 0 Å². The van der Waals surface area contributed by atoms with E-state index < -0.39 is 12.0 Å². The number of esters is 1. The minimum absolute atomic E-state index is 0.119. The highest BCUT2D eigenvalue weighted by Crippen LogP contribution is 2.32. The van der Waals surface area contributed by atoms with E-state index in [9.17, 15) is 9.59 Å². The van der Waals surface area contributed by atoms with Crippen molar-refractivity contribution in [1.82, 2.24) is 4.57 Å². The normalized spacial score (nSPS) is 15.3. The minimum atomic E-state index is -0.687. The molecule has 0 aliphatic carbocycles. The van der Waals surface area contributed by atoms with Crippen LogP contribution in [0.1, 0.15) is 29.7 Å². The second kappa shape index (κ2) is 11.3. The highest BCUT2D eigenvalue weighted by Gasteiger charge is 2.33. The Hall–Kier alpha value is -3.10. The molecular formula is C29H22Cl2N2O3S2. The van der Waals surface area contributed by atoms with E-state index in [1.165, 1.54) is 11.3 Å². The number of halogens is 2. The van der Waals surface area contributed by atoms with Crippen molar-refractivity contribution >= 4 is 58.3 Å². The standard InChI is InChI=1S/C29H22Cl2N2O3S2/c1-17-25(28(35)36-16-18-6-4-3-5-7-18)26(19-9-12-22(37-2)13-10-19)33-27(34)24(38-29(33)32-17)14-20-8-11-21(30)15-23(20)31/h3-15,26H,16H2,1-2H3. The molecule has 1 aliphatic rings. The molecule has 4 aromatic rings. The van der Waals surface area contributed by atoms with Gasteiger partial charge in [-0.25, -0.2) is 9.79 Å². The number of hydrogen-bond acceptors (Lipinski definition) is 6. The lowest BCUT2D eigenvalue weighted by Gasteiger charge is -2.25. The number of benzene rings is 3. The topological polar surface area (TPSA) is 60.7 Å².